The lowest BCUT2D eigenvalue weighted by atomic mass is 9.92. The summed E-state index contributed by atoms with van der Waals surface area (Å²) in [5.74, 6) is 0.348. The SMILES string of the molecule is CC1=CN(c2ccccc2O)[C@H](c2ccc(-c3ccccc3)cc2)CC1=O. The number of para-hydroxylation sites is 2. The van der Waals surface area contributed by atoms with Gasteiger partial charge < -0.3 is 10.0 Å². The van der Waals surface area contributed by atoms with Gasteiger partial charge in [0.1, 0.15) is 5.75 Å². The summed E-state index contributed by atoms with van der Waals surface area (Å²) in [5.41, 5.74) is 4.77. The van der Waals surface area contributed by atoms with Crippen molar-refractivity contribution in [3.8, 4) is 16.9 Å². The molecule has 0 unspecified atom stereocenters. The monoisotopic (exact) mass is 355 g/mol. The van der Waals surface area contributed by atoms with Gasteiger partial charge >= 0.3 is 0 Å². The van der Waals surface area contributed by atoms with Gasteiger partial charge in [0.25, 0.3) is 0 Å². The van der Waals surface area contributed by atoms with Crippen LogP contribution in [0.4, 0.5) is 5.69 Å². The number of hydrogen-bond acceptors (Lipinski definition) is 3. The first-order valence-corrected chi connectivity index (χ1v) is 9.07. The van der Waals surface area contributed by atoms with E-state index in [1.54, 1.807) is 12.1 Å². The lowest BCUT2D eigenvalue weighted by Gasteiger charge is -2.35. The maximum Gasteiger partial charge on any atom is 0.162 e. The van der Waals surface area contributed by atoms with Crippen LogP contribution in [0.15, 0.2) is 90.6 Å². The molecule has 3 heteroatoms. The molecule has 0 bridgehead atoms. The highest BCUT2D eigenvalue weighted by Gasteiger charge is 2.29. The quantitative estimate of drug-likeness (QED) is 0.676. The lowest BCUT2D eigenvalue weighted by Crippen LogP contribution is -2.31. The standard InChI is InChI=1S/C24H21NO2/c1-17-16-25(21-9-5-6-10-23(21)26)22(15-24(17)27)20-13-11-19(12-14-20)18-7-3-2-4-8-18/h2-14,16,22,26H,15H2,1H3/t22-/m0/s1. The number of carbonyl (C=O) groups is 1. The number of aromatic hydroxyl groups is 1. The molecule has 0 saturated heterocycles. The van der Waals surface area contributed by atoms with Gasteiger partial charge in [-0.25, -0.2) is 0 Å². The topological polar surface area (TPSA) is 40.5 Å². The van der Waals surface area contributed by atoms with Crippen molar-refractivity contribution in [2.45, 2.75) is 19.4 Å². The van der Waals surface area contributed by atoms with Gasteiger partial charge in [-0.05, 0) is 35.7 Å². The molecule has 3 nitrogen and oxygen atoms in total. The number of anilines is 1. The minimum atomic E-state index is -0.140. The molecular formula is C24H21NO2. The van der Waals surface area contributed by atoms with Crippen molar-refractivity contribution in [3.05, 3.63) is 96.2 Å². The third-order valence-electron chi connectivity index (χ3n) is 5.05. The molecule has 1 heterocycles. The number of rotatable bonds is 3. The van der Waals surface area contributed by atoms with Gasteiger partial charge in [-0.2, -0.15) is 0 Å². The Morgan fingerprint density at radius 2 is 1.48 bits per heavy atom. The minimum absolute atomic E-state index is 0.138. The van der Waals surface area contributed by atoms with Gasteiger partial charge in [-0.15, -0.1) is 0 Å². The Labute approximate surface area is 159 Å². The molecule has 1 atom stereocenters. The number of benzene rings is 3. The number of hydrogen-bond donors (Lipinski definition) is 1. The van der Waals surface area contributed by atoms with Crippen LogP contribution in [-0.4, -0.2) is 10.9 Å². The molecule has 0 amide bonds. The van der Waals surface area contributed by atoms with Gasteiger partial charge in [0.2, 0.25) is 0 Å². The van der Waals surface area contributed by atoms with E-state index >= 15 is 0 Å². The summed E-state index contributed by atoms with van der Waals surface area (Å²) in [6.45, 7) is 1.82. The molecule has 3 aromatic carbocycles. The van der Waals surface area contributed by atoms with Crippen LogP contribution in [0.5, 0.6) is 5.75 Å². The summed E-state index contributed by atoms with van der Waals surface area (Å²) >= 11 is 0. The molecule has 1 aliphatic rings. The first-order valence-electron chi connectivity index (χ1n) is 9.07. The highest BCUT2D eigenvalue weighted by molar-refractivity contribution is 5.97. The molecule has 27 heavy (non-hydrogen) atoms. The molecule has 0 aromatic heterocycles. The average Bonchev–Trinajstić information content (AvgIpc) is 2.71. The second-order valence-electron chi connectivity index (χ2n) is 6.84. The normalized spacial score (nSPS) is 16.9. The zero-order valence-corrected chi connectivity index (χ0v) is 15.2. The highest BCUT2D eigenvalue weighted by atomic mass is 16.3. The van der Waals surface area contributed by atoms with Crippen LogP contribution < -0.4 is 4.90 Å². The van der Waals surface area contributed by atoms with Gasteiger partial charge in [-0.1, -0.05) is 66.7 Å². The molecule has 0 spiro atoms. The summed E-state index contributed by atoms with van der Waals surface area (Å²) in [4.78, 5) is 14.4. The van der Waals surface area contributed by atoms with Crippen LogP contribution in [0.25, 0.3) is 11.1 Å². The largest absolute Gasteiger partial charge is 0.506 e. The van der Waals surface area contributed by atoms with E-state index in [9.17, 15) is 9.90 Å². The Hall–Kier alpha value is -3.33. The van der Waals surface area contributed by atoms with Gasteiger partial charge in [0, 0.05) is 18.2 Å². The number of Topliss-reactive ketones (excluding diaryl/α,β-unsaturated/α-hetero) is 1. The summed E-state index contributed by atoms with van der Waals surface area (Å²) < 4.78 is 0. The van der Waals surface area contributed by atoms with Crippen LogP contribution >= 0.6 is 0 Å². The van der Waals surface area contributed by atoms with E-state index in [0.717, 1.165) is 16.7 Å². The van der Waals surface area contributed by atoms with Crippen molar-refractivity contribution in [2.75, 3.05) is 4.90 Å². The Morgan fingerprint density at radius 1 is 0.852 bits per heavy atom. The number of carbonyl (C=O) groups excluding carboxylic acids is 1. The second-order valence-corrected chi connectivity index (χ2v) is 6.84. The first-order chi connectivity index (χ1) is 13.1. The average molecular weight is 355 g/mol. The van der Waals surface area contributed by atoms with Crippen LogP contribution in [0, 0.1) is 0 Å². The van der Waals surface area contributed by atoms with E-state index in [1.807, 2.05) is 48.4 Å². The number of phenolic OH excluding ortho intramolecular Hbond substituents is 1. The van der Waals surface area contributed by atoms with Crippen LogP contribution in [0.3, 0.4) is 0 Å². The van der Waals surface area contributed by atoms with E-state index in [4.69, 9.17) is 0 Å². The summed E-state index contributed by atoms with van der Waals surface area (Å²) in [6, 6.07) is 25.6. The molecular weight excluding hydrogens is 334 g/mol. The zero-order valence-electron chi connectivity index (χ0n) is 15.2. The van der Waals surface area contributed by atoms with Crippen molar-refractivity contribution in [3.63, 3.8) is 0 Å². The predicted octanol–water partition coefficient (Wildman–Crippen LogP) is 5.48. The Morgan fingerprint density at radius 3 is 2.19 bits per heavy atom. The van der Waals surface area contributed by atoms with Crippen molar-refractivity contribution >= 4 is 11.5 Å². The third kappa shape index (κ3) is 3.36. The van der Waals surface area contributed by atoms with Crippen LogP contribution in [0.1, 0.15) is 24.9 Å². The van der Waals surface area contributed by atoms with Gasteiger partial charge in [0.15, 0.2) is 5.78 Å². The van der Waals surface area contributed by atoms with Crippen molar-refractivity contribution in [2.24, 2.45) is 0 Å². The van der Waals surface area contributed by atoms with E-state index in [2.05, 4.69) is 36.4 Å². The summed E-state index contributed by atoms with van der Waals surface area (Å²) in [6.07, 6.45) is 2.23. The Balaban J connectivity index is 1.72. The van der Waals surface area contributed by atoms with Crippen molar-refractivity contribution in [1.29, 1.82) is 0 Å². The third-order valence-corrected chi connectivity index (χ3v) is 5.05. The molecule has 1 N–H and O–H groups in total. The van der Waals surface area contributed by atoms with Crippen molar-refractivity contribution < 1.29 is 9.90 Å². The number of nitrogens with zero attached hydrogens (tertiary/aromatic N) is 1. The van der Waals surface area contributed by atoms with E-state index in [1.165, 1.54) is 0 Å². The van der Waals surface area contributed by atoms with E-state index < -0.39 is 0 Å². The Bertz CT molecular complexity index is 990. The molecule has 1 aliphatic heterocycles. The number of phenols is 1. The van der Waals surface area contributed by atoms with Crippen LogP contribution in [0.2, 0.25) is 0 Å². The fourth-order valence-electron chi connectivity index (χ4n) is 3.53. The fourth-order valence-corrected chi connectivity index (χ4v) is 3.53. The molecule has 4 rings (SSSR count). The van der Waals surface area contributed by atoms with Crippen molar-refractivity contribution in [1.82, 2.24) is 0 Å². The highest BCUT2D eigenvalue weighted by Crippen LogP contribution is 2.39. The van der Waals surface area contributed by atoms with Gasteiger partial charge in [-0.3, -0.25) is 4.79 Å². The van der Waals surface area contributed by atoms with E-state index in [0.29, 0.717) is 17.7 Å². The molecule has 0 aliphatic carbocycles. The minimum Gasteiger partial charge on any atom is -0.506 e. The maximum atomic E-state index is 12.4. The number of allylic oxidation sites excluding steroid dienone is 1. The molecule has 3 aromatic rings. The maximum absolute atomic E-state index is 12.4. The van der Waals surface area contributed by atoms with Crippen LogP contribution in [-0.2, 0) is 4.79 Å². The first kappa shape index (κ1) is 17.1. The molecule has 0 fully saturated rings. The summed E-state index contributed by atoms with van der Waals surface area (Å²) in [7, 11) is 0. The second kappa shape index (κ2) is 7.12. The number of ketones is 1. The molecule has 0 radical (unpaired) electrons. The van der Waals surface area contributed by atoms with E-state index in [-0.39, 0.29) is 17.6 Å². The summed E-state index contributed by atoms with van der Waals surface area (Å²) in [5, 5.41) is 10.3. The lowest BCUT2D eigenvalue weighted by molar-refractivity contribution is -0.116. The Kier molecular flexibility index (Phi) is 4.51. The molecule has 134 valence electrons. The smallest absolute Gasteiger partial charge is 0.162 e. The predicted molar refractivity (Wildman–Crippen MR) is 109 cm³/mol. The fraction of sp³-hybridized carbons (Fsp3) is 0.125. The zero-order chi connectivity index (χ0) is 18.8. The molecule has 0 saturated carbocycles. The van der Waals surface area contributed by atoms with Gasteiger partial charge in [0.05, 0.1) is 11.7 Å².